The number of carbonyl (C=O) groups is 1. The van der Waals surface area contributed by atoms with E-state index in [0.717, 1.165) is 5.56 Å². The van der Waals surface area contributed by atoms with E-state index in [1.54, 1.807) is 19.1 Å². The fraction of sp³-hybridized carbons (Fsp3) is 0.364. The highest BCUT2D eigenvalue weighted by atomic mass is 16.6. The lowest BCUT2D eigenvalue weighted by molar-refractivity contribution is -0.385. The Morgan fingerprint density at radius 2 is 2.24 bits per heavy atom. The van der Waals surface area contributed by atoms with Crippen LogP contribution >= 0.6 is 0 Å². The highest BCUT2D eigenvalue weighted by molar-refractivity contribution is 5.72. The molecule has 1 aromatic rings. The quantitative estimate of drug-likeness (QED) is 0.598. The average molecular weight is 238 g/mol. The first kappa shape index (κ1) is 13.1. The van der Waals surface area contributed by atoms with Gasteiger partial charge in [-0.05, 0) is 19.4 Å². The smallest absolute Gasteiger partial charge is 0.320 e. The SMILES string of the molecule is Cc1c(CN[C@@H](C)C(=O)O)cccc1[N+](=O)[O-]. The molecule has 92 valence electrons. The van der Waals surface area contributed by atoms with E-state index in [0.29, 0.717) is 12.1 Å². The van der Waals surface area contributed by atoms with Gasteiger partial charge in [0.15, 0.2) is 0 Å². The summed E-state index contributed by atoms with van der Waals surface area (Å²) in [5, 5.41) is 22.2. The molecule has 6 heteroatoms. The molecule has 0 heterocycles. The predicted octanol–water partition coefficient (Wildman–Crippen LogP) is 1.47. The normalized spacial score (nSPS) is 12.1. The number of nitrogens with one attached hydrogen (secondary N) is 1. The lowest BCUT2D eigenvalue weighted by Gasteiger charge is -2.10. The van der Waals surface area contributed by atoms with Crippen LogP contribution in [0.15, 0.2) is 18.2 Å². The Hall–Kier alpha value is -1.95. The lowest BCUT2D eigenvalue weighted by Crippen LogP contribution is -2.33. The van der Waals surface area contributed by atoms with Crippen molar-refractivity contribution >= 4 is 11.7 Å². The molecule has 6 nitrogen and oxygen atoms in total. The van der Waals surface area contributed by atoms with Crippen LogP contribution in [0.5, 0.6) is 0 Å². The number of nitro benzene ring substituents is 1. The highest BCUT2D eigenvalue weighted by Gasteiger charge is 2.15. The van der Waals surface area contributed by atoms with Crippen LogP contribution in [0.25, 0.3) is 0 Å². The van der Waals surface area contributed by atoms with Gasteiger partial charge < -0.3 is 10.4 Å². The largest absolute Gasteiger partial charge is 0.480 e. The fourth-order valence-electron chi connectivity index (χ4n) is 1.41. The minimum Gasteiger partial charge on any atom is -0.480 e. The second-order valence-corrected chi connectivity index (χ2v) is 3.76. The third-order valence-corrected chi connectivity index (χ3v) is 2.58. The summed E-state index contributed by atoms with van der Waals surface area (Å²) in [6, 6.07) is 4.07. The molecule has 0 saturated carbocycles. The van der Waals surface area contributed by atoms with E-state index in [9.17, 15) is 14.9 Å². The molecule has 0 spiro atoms. The number of hydrogen-bond acceptors (Lipinski definition) is 4. The minimum atomic E-state index is -0.951. The van der Waals surface area contributed by atoms with Gasteiger partial charge in [-0.15, -0.1) is 0 Å². The molecule has 2 N–H and O–H groups in total. The molecule has 1 rings (SSSR count). The molecule has 0 bridgehead atoms. The summed E-state index contributed by atoms with van der Waals surface area (Å²) < 4.78 is 0. The highest BCUT2D eigenvalue weighted by Crippen LogP contribution is 2.20. The van der Waals surface area contributed by atoms with E-state index in [4.69, 9.17) is 5.11 Å². The molecule has 0 aromatic heterocycles. The first-order valence-electron chi connectivity index (χ1n) is 5.12. The van der Waals surface area contributed by atoms with Gasteiger partial charge in [-0.2, -0.15) is 0 Å². The van der Waals surface area contributed by atoms with Crippen LogP contribution in [0.4, 0.5) is 5.69 Å². The van der Waals surface area contributed by atoms with Crippen molar-refractivity contribution in [2.24, 2.45) is 0 Å². The maximum absolute atomic E-state index is 10.7. The summed E-state index contributed by atoms with van der Waals surface area (Å²) in [5.74, 6) is -0.951. The Morgan fingerprint density at radius 1 is 1.59 bits per heavy atom. The molecule has 0 saturated heterocycles. The van der Waals surface area contributed by atoms with E-state index in [1.807, 2.05) is 0 Å². The summed E-state index contributed by atoms with van der Waals surface area (Å²) >= 11 is 0. The predicted molar refractivity (Wildman–Crippen MR) is 61.8 cm³/mol. The molecule has 0 radical (unpaired) electrons. The van der Waals surface area contributed by atoms with Gasteiger partial charge in [-0.1, -0.05) is 12.1 Å². The van der Waals surface area contributed by atoms with Crippen LogP contribution in [0, 0.1) is 17.0 Å². The van der Waals surface area contributed by atoms with E-state index < -0.39 is 16.9 Å². The average Bonchev–Trinajstić information content (AvgIpc) is 2.26. The molecule has 0 aliphatic rings. The Labute approximate surface area is 98.4 Å². The number of rotatable bonds is 5. The van der Waals surface area contributed by atoms with Gasteiger partial charge in [0.2, 0.25) is 0 Å². The van der Waals surface area contributed by atoms with E-state index in [1.165, 1.54) is 13.0 Å². The van der Waals surface area contributed by atoms with Crippen molar-refractivity contribution in [2.75, 3.05) is 0 Å². The number of carboxylic acids is 1. The summed E-state index contributed by atoms with van der Waals surface area (Å²) in [6.07, 6.45) is 0. The number of nitro groups is 1. The second kappa shape index (κ2) is 5.40. The molecule has 0 aliphatic carbocycles. The van der Waals surface area contributed by atoms with Gasteiger partial charge in [0.25, 0.3) is 5.69 Å². The Balaban J connectivity index is 2.82. The number of hydrogen-bond donors (Lipinski definition) is 2. The van der Waals surface area contributed by atoms with Crippen molar-refractivity contribution in [1.82, 2.24) is 5.32 Å². The van der Waals surface area contributed by atoms with E-state index in [-0.39, 0.29) is 5.69 Å². The van der Waals surface area contributed by atoms with E-state index in [2.05, 4.69) is 5.32 Å². The standard InChI is InChI=1S/C11H14N2O4/c1-7-9(6-12-8(2)11(14)15)4-3-5-10(7)13(16)17/h3-5,8,12H,6H2,1-2H3,(H,14,15)/t8-/m0/s1. The third kappa shape index (κ3) is 3.25. The van der Waals surface area contributed by atoms with Crippen molar-refractivity contribution in [3.8, 4) is 0 Å². The van der Waals surface area contributed by atoms with Gasteiger partial charge in [-0.3, -0.25) is 14.9 Å². The van der Waals surface area contributed by atoms with Crippen molar-refractivity contribution in [2.45, 2.75) is 26.4 Å². The van der Waals surface area contributed by atoms with Gasteiger partial charge in [0.1, 0.15) is 6.04 Å². The summed E-state index contributed by atoms with van der Waals surface area (Å²) in [6.45, 7) is 3.47. The number of carboxylic acid groups (broad SMARTS) is 1. The Morgan fingerprint density at radius 3 is 2.76 bits per heavy atom. The van der Waals surface area contributed by atoms with Crippen molar-refractivity contribution in [1.29, 1.82) is 0 Å². The Kier molecular flexibility index (Phi) is 4.17. The Bertz CT molecular complexity index is 445. The third-order valence-electron chi connectivity index (χ3n) is 2.58. The molecule has 0 amide bonds. The van der Waals surface area contributed by atoms with Gasteiger partial charge >= 0.3 is 5.97 Å². The zero-order valence-electron chi connectivity index (χ0n) is 9.64. The maximum atomic E-state index is 10.7. The summed E-state index contributed by atoms with van der Waals surface area (Å²) in [5.41, 5.74) is 1.34. The van der Waals surface area contributed by atoms with Crippen LogP contribution in [-0.4, -0.2) is 22.0 Å². The first-order valence-corrected chi connectivity index (χ1v) is 5.12. The molecular weight excluding hydrogens is 224 g/mol. The monoisotopic (exact) mass is 238 g/mol. The molecule has 0 fully saturated rings. The second-order valence-electron chi connectivity index (χ2n) is 3.76. The van der Waals surface area contributed by atoms with Crippen LogP contribution in [0.3, 0.4) is 0 Å². The van der Waals surface area contributed by atoms with E-state index >= 15 is 0 Å². The molecule has 0 unspecified atom stereocenters. The lowest BCUT2D eigenvalue weighted by atomic mass is 10.1. The van der Waals surface area contributed by atoms with Crippen molar-refractivity contribution in [3.63, 3.8) is 0 Å². The molecule has 1 atom stereocenters. The summed E-state index contributed by atoms with van der Waals surface area (Å²) in [4.78, 5) is 20.9. The molecule has 1 aromatic carbocycles. The summed E-state index contributed by atoms with van der Waals surface area (Å²) in [7, 11) is 0. The number of aliphatic carboxylic acids is 1. The fourth-order valence-corrected chi connectivity index (χ4v) is 1.41. The van der Waals surface area contributed by atoms with Crippen molar-refractivity contribution in [3.05, 3.63) is 39.4 Å². The maximum Gasteiger partial charge on any atom is 0.320 e. The molecular formula is C11H14N2O4. The van der Waals surface area contributed by atoms with Crippen LogP contribution < -0.4 is 5.32 Å². The van der Waals surface area contributed by atoms with Crippen LogP contribution in [0.1, 0.15) is 18.1 Å². The van der Waals surface area contributed by atoms with Gasteiger partial charge in [0.05, 0.1) is 4.92 Å². The first-order chi connectivity index (χ1) is 7.93. The topological polar surface area (TPSA) is 92.5 Å². The van der Waals surface area contributed by atoms with Crippen LogP contribution in [0.2, 0.25) is 0 Å². The molecule has 17 heavy (non-hydrogen) atoms. The number of benzene rings is 1. The van der Waals surface area contributed by atoms with Gasteiger partial charge in [0, 0.05) is 18.2 Å². The van der Waals surface area contributed by atoms with Crippen LogP contribution in [-0.2, 0) is 11.3 Å². The van der Waals surface area contributed by atoms with Crippen molar-refractivity contribution < 1.29 is 14.8 Å². The molecule has 0 aliphatic heterocycles. The van der Waals surface area contributed by atoms with Gasteiger partial charge in [-0.25, -0.2) is 0 Å². The zero-order valence-corrected chi connectivity index (χ0v) is 9.64. The number of nitrogens with zero attached hydrogens (tertiary/aromatic N) is 1. The zero-order chi connectivity index (χ0) is 13.0. The minimum absolute atomic E-state index is 0.0484.